The van der Waals surface area contributed by atoms with Crippen molar-refractivity contribution in [2.45, 2.75) is 19.3 Å². The molecular weight excluding hydrogens is 651 g/mol. The molecule has 0 atom stereocenters. The second-order valence-electron chi connectivity index (χ2n) is 15.0. The lowest BCUT2D eigenvalue weighted by atomic mass is 9.79. The van der Waals surface area contributed by atoms with Gasteiger partial charge in [-0.3, -0.25) is 0 Å². The fourth-order valence-electron chi connectivity index (χ4n) is 8.69. The molecule has 0 fully saturated rings. The minimum atomic E-state index is -0.229. The number of hydrogen-bond donors (Lipinski definition) is 0. The van der Waals surface area contributed by atoms with Gasteiger partial charge in [-0.05, 0) is 114 Å². The molecule has 0 radical (unpaired) electrons. The van der Waals surface area contributed by atoms with Crippen molar-refractivity contribution in [2.75, 3.05) is 4.90 Å². The van der Waals surface area contributed by atoms with Gasteiger partial charge < -0.3 is 4.90 Å². The zero-order valence-corrected chi connectivity index (χ0v) is 30.5. The maximum absolute atomic E-state index is 2.47. The van der Waals surface area contributed by atoms with Crippen LogP contribution in [0.3, 0.4) is 0 Å². The van der Waals surface area contributed by atoms with Crippen molar-refractivity contribution in [1.29, 1.82) is 0 Å². The normalized spacial score (nSPS) is 12.8. The predicted octanol–water partition coefficient (Wildman–Crippen LogP) is 14.8. The summed E-state index contributed by atoms with van der Waals surface area (Å²) in [6.07, 6.45) is 0. The maximum atomic E-state index is 2.47. The quantitative estimate of drug-likeness (QED) is 0.168. The second-order valence-corrected chi connectivity index (χ2v) is 15.0. The number of hydrogen-bond acceptors (Lipinski definition) is 1. The van der Waals surface area contributed by atoms with E-state index in [1.54, 1.807) is 0 Å². The SMILES string of the molecule is CC1(C)c2cc(-c3ccc4ccccc4c3)ccc2-c2c(N(c3ccc(-c4ccccc4)cc3)c3ccc(-c4ccccc4)cc3)cc3ccccc3c21. The van der Waals surface area contributed by atoms with E-state index in [9.17, 15) is 0 Å². The first-order valence-corrected chi connectivity index (χ1v) is 18.8. The summed E-state index contributed by atoms with van der Waals surface area (Å²) >= 11 is 0. The van der Waals surface area contributed by atoms with Crippen molar-refractivity contribution in [3.05, 3.63) is 211 Å². The van der Waals surface area contributed by atoms with Crippen molar-refractivity contribution >= 4 is 38.6 Å². The molecule has 1 heteroatoms. The van der Waals surface area contributed by atoms with Crippen molar-refractivity contribution < 1.29 is 0 Å². The molecule has 0 aromatic heterocycles. The van der Waals surface area contributed by atoms with Crippen LogP contribution in [0.15, 0.2) is 200 Å². The van der Waals surface area contributed by atoms with Gasteiger partial charge in [0.15, 0.2) is 0 Å². The summed E-state index contributed by atoms with van der Waals surface area (Å²) in [6.45, 7) is 4.82. The average molecular weight is 690 g/mol. The van der Waals surface area contributed by atoms with E-state index in [1.807, 2.05) is 0 Å². The minimum absolute atomic E-state index is 0.229. The van der Waals surface area contributed by atoms with Gasteiger partial charge in [0.1, 0.15) is 0 Å². The van der Waals surface area contributed by atoms with Gasteiger partial charge in [0.25, 0.3) is 0 Å². The lowest BCUT2D eigenvalue weighted by Crippen LogP contribution is -2.17. The Morgan fingerprint density at radius 2 is 0.852 bits per heavy atom. The molecule has 1 nitrogen and oxygen atoms in total. The van der Waals surface area contributed by atoms with E-state index in [4.69, 9.17) is 0 Å². The van der Waals surface area contributed by atoms with Crippen LogP contribution in [0.25, 0.3) is 66.1 Å². The van der Waals surface area contributed by atoms with Gasteiger partial charge in [-0.25, -0.2) is 0 Å². The Labute approximate surface area is 317 Å². The van der Waals surface area contributed by atoms with Gasteiger partial charge in [-0.2, -0.15) is 0 Å². The first-order valence-electron chi connectivity index (χ1n) is 18.8. The van der Waals surface area contributed by atoms with E-state index in [2.05, 4.69) is 219 Å². The molecular formula is C53H39N. The molecule has 54 heavy (non-hydrogen) atoms. The zero-order valence-electron chi connectivity index (χ0n) is 30.5. The van der Waals surface area contributed by atoms with Gasteiger partial charge in [0, 0.05) is 22.4 Å². The Morgan fingerprint density at radius 1 is 0.370 bits per heavy atom. The molecule has 1 aliphatic rings. The molecule has 1 aliphatic carbocycles. The summed E-state index contributed by atoms with van der Waals surface area (Å²) in [5.74, 6) is 0. The zero-order chi connectivity index (χ0) is 36.2. The lowest BCUT2D eigenvalue weighted by molar-refractivity contribution is 0.666. The average Bonchev–Trinajstić information content (AvgIpc) is 3.48. The monoisotopic (exact) mass is 689 g/mol. The van der Waals surface area contributed by atoms with E-state index in [1.165, 1.54) is 82.9 Å². The smallest absolute Gasteiger partial charge is 0.0549 e. The Bertz CT molecular complexity index is 2730. The van der Waals surface area contributed by atoms with Gasteiger partial charge in [0.2, 0.25) is 0 Å². The van der Waals surface area contributed by atoms with Crippen LogP contribution in [0.2, 0.25) is 0 Å². The van der Waals surface area contributed by atoms with Gasteiger partial charge in [-0.15, -0.1) is 0 Å². The molecule has 0 N–H and O–H groups in total. The minimum Gasteiger partial charge on any atom is -0.310 e. The van der Waals surface area contributed by atoms with E-state index in [0.29, 0.717) is 0 Å². The summed E-state index contributed by atoms with van der Waals surface area (Å²) in [5.41, 5.74) is 15.9. The third-order valence-corrected chi connectivity index (χ3v) is 11.4. The van der Waals surface area contributed by atoms with Crippen molar-refractivity contribution in [1.82, 2.24) is 0 Å². The third-order valence-electron chi connectivity index (χ3n) is 11.4. The van der Waals surface area contributed by atoms with Crippen molar-refractivity contribution in [3.8, 4) is 44.5 Å². The van der Waals surface area contributed by atoms with Crippen LogP contribution in [0.1, 0.15) is 25.0 Å². The van der Waals surface area contributed by atoms with Crippen molar-refractivity contribution in [3.63, 3.8) is 0 Å². The van der Waals surface area contributed by atoms with E-state index in [0.717, 1.165) is 11.4 Å². The second kappa shape index (κ2) is 12.8. The van der Waals surface area contributed by atoms with E-state index >= 15 is 0 Å². The van der Waals surface area contributed by atoms with Crippen LogP contribution >= 0.6 is 0 Å². The summed E-state index contributed by atoms with van der Waals surface area (Å²) in [5, 5.41) is 5.08. The molecule has 9 aromatic rings. The largest absolute Gasteiger partial charge is 0.310 e. The van der Waals surface area contributed by atoms with Crippen LogP contribution in [-0.2, 0) is 5.41 Å². The lowest BCUT2D eigenvalue weighted by Gasteiger charge is -2.30. The molecule has 0 spiro atoms. The van der Waals surface area contributed by atoms with Crippen LogP contribution in [0.4, 0.5) is 17.1 Å². The summed E-state index contributed by atoms with van der Waals surface area (Å²) in [4.78, 5) is 2.47. The number of anilines is 3. The molecule has 0 unspecified atom stereocenters. The third kappa shape index (κ3) is 5.32. The van der Waals surface area contributed by atoms with Crippen LogP contribution < -0.4 is 4.90 Å². The Kier molecular flexibility index (Phi) is 7.56. The van der Waals surface area contributed by atoms with Crippen LogP contribution in [0.5, 0.6) is 0 Å². The number of fused-ring (bicyclic) bond motifs is 6. The Morgan fingerprint density at radius 3 is 1.48 bits per heavy atom. The topological polar surface area (TPSA) is 3.24 Å². The summed E-state index contributed by atoms with van der Waals surface area (Å²) in [6, 6.07) is 73.3. The Hall–Kier alpha value is -6.70. The Balaban J connectivity index is 1.19. The molecule has 0 aliphatic heterocycles. The fourth-order valence-corrected chi connectivity index (χ4v) is 8.69. The molecule has 9 aromatic carbocycles. The molecule has 0 heterocycles. The molecule has 256 valence electrons. The first kappa shape index (κ1) is 32.0. The highest BCUT2D eigenvalue weighted by Crippen LogP contribution is 2.57. The van der Waals surface area contributed by atoms with Crippen molar-refractivity contribution in [2.24, 2.45) is 0 Å². The first-order chi connectivity index (χ1) is 26.5. The summed E-state index contributed by atoms with van der Waals surface area (Å²) < 4.78 is 0. The standard InChI is InChI=1S/C53H39N/c1-53(2)49-34-43(42-22-21-38-17-9-10-18-41(38)33-42)27-32-48(49)51-50(35-44-19-11-12-20-47(44)52(51)53)54(45-28-23-39(24-29-45)36-13-5-3-6-14-36)46-30-25-40(26-31-46)37-15-7-4-8-16-37/h3-35H,1-2H3. The molecule has 0 amide bonds. The maximum Gasteiger partial charge on any atom is 0.0549 e. The molecule has 0 saturated carbocycles. The van der Waals surface area contributed by atoms with Crippen LogP contribution in [0, 0.1) is 0 Å². The molecule has 0 saturated heterocycles. The number of nitrogens with zero attached hydrogens (tertiary/aromatic N) is 1. The number of rotatable bonds is 6. The number of benzene rings is 9. The summed E-state index contributed by atoms with van der Waals surface area (Å²) in [7, 11) is 0. The van der Waals surface area contributed by atoms with E-state index in [-0.39, 0.29) is 5.41 Å². The van der Waals surface area contributed by atoms with Crippen LogP contribution in [-0.4, -0.2) is 0 Å². The van der Waals surface area contributed by atoms with Gasteiger partial charge in [0.05, 0.1) is 5.69 Å². The fraction of sp³-hybridized carbons (Fsp3) is 0.0566. The highest BCUT2D eigenvalue weighted by atomic mass is 15.1. The highest BCUT2D eigenvalue weighted by molar-refractivity contribution is 6.06. The molecule has 10 rings (SSSR count). The highest BCUT2D eigenvalue weighted by Gasteiger charge is 2.40. The van der Waals surface area contributed by atoms with Gasteiger partial charge >= 0.3 is 0 Å². The predicted molar refractivity (Wildman–Crippen MR) is 230 cm³/mol. The molecule has 0 bridgehead atoms. The van der Waals surface area contributed by atoms with E-state index < -0.39 is 0 Å². The van der Waals surface area contributed by atoms with Gasteiger partial charge in [-0.1, -0.05) is 172 Å².